The Bertz CT molecular complexity index is 3280. The minimum absolute atomic E-state index is 0.00405. The van der Waals surface area contributed by atoms with E-state index in [0.717, 1.165) is 0 Å². The fourth-order valence-corrected chi connectivity index (χ4v) is 12.7. The van der Waals surface area contributed by atoms with Gasteiger partial charge >= 0.3 is 5.97 Å². The summed E-state index contributed by atoms with van der Waals surface area (Å²) >= 11 is 0. The van der Waals surface area contributed by atoms with Gasteiger partial charge in [0.1, 0.15) is 78.5 Å². The Morgan fingerprint density at radius 3 is 1.33 bits per heavy atom. The van der Waals surface area contributed by atoms with Crippen LogP contribution in [0.4, 0.5) is 0 Å². The van der Waals surface area contributed by atoms with Crippen LogP contribution in [0.15, 0.2) is 4.99 Å². The number of aliphatic hydroxyl groups excluding tert-OH is 1. The standard InChI is InChI=1S/C73H129N21O19/c1-13-41(10)58(92-59(99)42(11)75)69(109)90-51(34-40(8)9)65(105)89-50(33-39(6)7)66(106)91-52(36-95)67(107)87-47(24-26-56(77)97)70(110)94-30-18-22-54(94)71(111)93-29-17-21-53(93)68(108)86-44(19-14-15-27-74)62(102)85-46(23-25-55(76)96)63(103)88-48(31-37(2)3)60(100)81-35-57(98)83-49(32-38(4)5)64(104)84-45(20-16-28-80-73(78)79)61(101)82-43(12)72(112)113/h37-54,58,95H,13-36,74-75H2,1-12H3,(H2,76,96)(H2,77,97)(H,81,100)(H,82,101)(H,83,98)(H,84,104)(H,85,102)(H,86,108)(H,87,107)(H,88,103)(H,89,105)(H,90,109)(H,91,106)(H,92,99)(H,112,113)(H4,78,79,80)/t41-,42-,43-,44-,45-,46-,47-,48-,49-,50-,51-,52-,53-,54-,58-/m0/s1. The number of primary amides is 2. The predicted octanol–water partition coefficient (Wildman–Crippen LogP) is -5.19. The average molecular weight is 1600 g/mol. The maximum atomic E-state index is 14.8. The number of aliphatic carboxylic acids is 1. The van der Waals surface area contributed by atoms with Crippen LogP contribution in [-0.2, 0) is 81.5 Å². The van der Waals surface area contributed by atoms with Gasteiger partial charge in [0.25, 0.3) is 0 Å². The number of carboxylic acid groups (broad SMARTS) is 1. The molecule has 40 heteroatoms. The van der Waals surface area contributed by atoms with Crippen molar-refractivity contribution in [1.82, 2.24) is 73.6 Å². The number of aliphatic imine (C=N–C) groups is 1. The lowest BCUT2D eigenvalue weighted by molar-refractivity contribution is -0.148. The smallest absolute Gasteiger partial charge is 0.325 e. The normalized spacial score (nSPS) is 17.5. The lowest BCUT2D eigenvalue weighted by atomic mass is 9.96. The van der Waals surface area contributed by atoms with Crippen LogP contribution in [0.3, 0.4) is 0 Å². The van der Waals surface area contributed by atoms with E-state index in [4.69, 9.17) is 34.4 Å². The molecule has 2 heterocycles. The lowest BCUT2D eigenvalue weighted by Crippen LogP contribution is -2.61. The van der Waals surface area contributed by atoms with Crippen molar-refractivity contribution in [3.8, 4) is 0 Å². The highest BCUT2D eigenvalue weighted by atomic mass is 16.4. The van der Waals surface area contributed by atoms with E-state index in [0.29, 0.717) is 12.8 Å². The first-order valence-corrected chi connectivity index (χ1v) is 39.1. The third-order valence-corrected chi connectivity index (χ3v) is 19.0. The number of carbonyl (C=O) groups excluding carboxylic acids is 16. The van der Waals surface area contributed by atoms with E-state index in [9.17, 15) is 91.7 Å². The number of carbonyl (C=O) groups is 17. The molecule has 15 atom stereocenters. The van der Waals surface area contributed by atoms with Crippen LogP contribution in [-0.4, -0.2) is 250 Å². The maximum Gasteiger partial charge on any atom is 0.325 e. The highest BCUT2D eigenvalue weighted by Crippen LogP contribution is 2.27. The van der Waals surface area contributed by atoms with Gasteiger partial charge in [-0.05, 0) is 146 Å². The largest absolute Gasteiger partial charge is 0.480 e. The van der Waals surface area contributed by atoms with E-state index in [1.807, 2.05) is 20.8 Å². The summed E-state index contributed by atoms with van der Waals surface area (Å²) in [6.45, 7) is 18.8. The van der Waals surface area contributed by atoms with Crippen molar-refractivity contribution >= 4 is 106 Å². The Labute approximate surface area is 660 Å². The van der Waals surface area contributed by atoms with E-state index in [1.165, 1.54) is 23.6 Å². The van der Waals surface area contributed by atoms with Crippen molar-refractivity contribution in [2.75, 3.05) is 39.3 Å². The van der Waals surface area contributed by atoms with Gasteiger partial charge in [-0.3, -0.25) is 86.5 Å². The molecule has 0 spiro atoms. The summed E-state index contributed by atoms with van der Waals surface area (Å²) in [7, 11) is 0. The number of rotatable bonds is 52. The summed E-state index contributed by atoms with van der Waals surface area (Å²) in [4.78, 5) is 239. The Morgan fingerprint density at radius 2 is 0.858 bits per heavy atom. The molecular formula is C73H129N21O19. The predicted molar refractivity (Wildman–Crippen MR) is 415 cm³/mol. The summed E-state index contributed by atoms with van der Waals surface area (Å²) < 4.78 is 0. The molecule has 2 fully saturated rings. The van der Waals surface area contributed by atoms with Crippen LogP contribution < -0.4 is 98.2 Å². The Morgan fingerprint density at radius 1 is 0.451 bits per heavy atom. The molecule has 0 bridgehead atoms. The van der Waals surface area contributed by atoms with Crippen LogP contribution in [0.2, 0.25) is 0 Å². The van der Waals surface area contributed by atoms with Crippen molar-refractivity contribution in [3.63, 3.8) is 0 Å². The molecule has 2 saturated heterocycles. The number of unbranched alkanes of at least 4 members (excludes halogenated alkanes) is 1. The van der Waals surface area contributed by atoms with Crippen molar-refractivity contribution in [2.45, 2.75) is 283 Å². The number of hydrogen-bond acceptors (Lipinski definition) is 21. The van der Waals surface area contributed by atoms with E-state index < -0.39 is 224 Å². The third-order valence-electron chi connectivity index (χ3n) is 19.0. The van der Waals surface area contributed by atoms with Gasteiger partial charge < -0.3 is 118 Å². The molecule has 0 aromatic rings. The second kappa shape index (κ2) is 50.3. The van der Waals surface area contributed by atoms with Gasteiger partial charge in [0.05, 0.1) is 19.2 Å². The summed E-state index contributed by atoms with van der Waals surface area (Å²) in [6.07, 6.45) is 0.326. The second-order valence-corrected chi connectivity index (χ2v) is 30.9. The highest BCUT2D eigenvalue weighted by Gasteiger charge is 2.45. The Balaban J connectivity index is 2.41. The van der Waals surface area contributed by atoms with Crippen molar-refractivity contribution in [3.05, 3.63) is 0 Å². The van der Waals surface area contributed by atoms with Gasteiger partial charge in [0.15, 0.2) is 5.96 Å². The molecule has 16 amide bonds. The first-order valence-electron chi connectivity index (χ1n) is 39.1. The number of guanidine groups is 1. The molecule has 26 N–H and O–H groups in total. The molecule has 0 aromatic carbocycles. The van der Waals surface area contributed by atoms with Gasteiger partial charge in [-0.1, -0.05) is 75.7 Å². The zero-order valence-electron chi connectivity index (χ0n) is 67.6. The number of hydrogen-bond donors (Lipinski definition) is 20. The van der Waals surface area contributed by atoms with E-state index in [1.54, 1.807) is 48.5 Å². The monoisotopic (exact) mass is 1600 g/mol. The minimum atomic E-state index is -1.77. The van der Waals surface area contributed by atoms with Gasteiger partial charge in [-0.25, -0.2) is 0 Å². The molecule has 640 valence electrons. The van der Waals surface area contributed by atoms with Gasteiger partial charge in [-0.15, -0.1) is 0 Å². The quantitative estimate of drug-likeness (QED) is 0.0154. The number of amides is 16. The fraction of sp³-hybridized carbons (Fsp3) is 0.753. The molecule has 0 aromatic heterocycles. The molecule has 0 unspecified atom stereocenters. The molecule has 2 rings (SSSR count). The van der Waals surface area contributed by atoms with Crippen molar-refractivity contribution < 1.29 is 91.7 Å². The van der Waals surface area contributed by atoms with E-state index >= 15 is 0 Å². The van der Waals surface area contributed by atoms with Gasteiger partial charge in [0.2, 0.25) is 94.5 Å². The SMILES string of the molecule is CC[C@H](C)[C@H](NC(=O)[C@H](C)N)C(=O)N[C@@H](CC(C)C)C(=O)N[C@@H](CC(C)C)C(=O)N[C@@H](CO)C(=O)N[C@@H](CCC(N)=O)C(=O)N1CCC[C@H]1C(=O)N1CCC[C@H]1C(=O)N[C@@H](CCCCN)C(=O)N[C@@H](CCC(N)=O)C(=O)N[C@@H](CC(C)C)C(=O)NCC(=O)N[C@@H](CC(C)C)C(=O)N[C@@H](CCCN=C(N)N)C(=O)N[C@@H](C)C(=O)O. The first-order chi connectivity index (χ1) is 53.0. The molecule has 0 radical (unpaired) electrons. The maximum absolute atomic E-state index is 14.8. The number of nitrogens with one attached hydrogen (secondary N) is 12. The number of likely N-dealkylation sites (tertiary alicyclic amines) is 2. The molecule has 2 aliphatic heterocycles. The van der Waals surface area contributed by atoms with Crippen LogP contribution in [0, 0.1) is 29.6 Å². The molecule has 0 aliphatic carbocycles. The summed E-state index contributed by atoms with van der Waals surface area (Å²) in [5.74, 6) is -16.2. The molecule has 0 saturated carbocycles. The number of carboxylic acids is 1. The fourth-order valence-electron chi connectivity index (χ4n) is 12.7. The second-order valence-electron chi connectivity index (χ2n) is 30.9. The van der Waals surface area contributed by atoms with E-state index in [-0.39, 0.29) is 139 Å². The first kappa shape index (κ1) is 99.2. The summed E-state index contributed by atoms with van der Waals surface area (Å²) in [5.41, 5.74) is 33.5. The topological polar surface area (TPSA) is 650 Å². The van der Waals surface area contributed by atoms with Crippen LogP contribution in [0.1, 0.15) is 199 Å². The number of nitrogens with zero attached hydrogens (tertiary/aromatic N) is 3. The third kappa shape index (κ3) is 35.8. The zero-order chi connectivity index (χ0) is 85.7. The van der Waals surface area contributed by atoms with Crippen LogP contribution in [0.25, 0.3) is 0 Å². The average Bonchev–Trinajstić information content (AvgIpc) is 1.73. The summed E-state index contributed by atoms with van der Waals surface area (Å²) in [6, 6.07) is -18.6. The minimum Gasteiger partial charge on any atom is -0.480 e. The number of nitrogens with two attached hydrogens (primary N) is 6. The molecular weight excluding hydrogens is 1470 g/mol. The lowest BCUT2D eigenvalue weighted by Gasteiger charge is -2.33. The van der Waals surface area contributed by atoms with Crippen LogP contribution >= 0.6 is 0 Å². The van der Waals surface area contributed by atoms with Crippen molar-refractivity contribution in [2.24, 2.45) is 69.0 Å². The number of aliphatic hydroxyl groups is 1. The van der Waals surface area contributed by atoms with Crippen LogP contribution in [0.5, 0.6) is 0 Å². The molecule has 113 heavy (non-hydrogen) atoms. The highest BCUT2D eigenvalue weighted by molar-refractivity contribution is 6.01. The Kier molecular flexibility index (Phi) is 44.2. The van der Waals surface area contributed by atoms with Gasteiger partial charge in [0, 0.05) is 32.5 Å². The van der Waals surface area contributed by atoms with Crippen molar-refractivity contribution in [1.29, 1.82) is 0 Å². The van der Waals surface area contributed by atoms with Gasteiger partial charge in [-0.2, -0.15) is 0 Å². The molecule has 2 aliphatic rings. The summed E-state index contributed by atoms with van der Waals surface area (Å²) in [5, 5.41) is 50.8. The molecule has 40 nitrogen and oxygen atoms in total. The Hall–Kier alpha value is -9.86. The zero-order valence-corrected chi connectivity index (χ0v) is 67.6. The van der Waals surface area contributed by atoms with E-state index in [2.05, 4.69) is 68.8 Å².